The Labute approximate surface area is 189 Å². The Bertz CT molecular complexity index is 1710. The highest BCUT2D eigenvalue weighted by atomic mass is 32.2. The molecule has 0 atom stereocenters. The van der Waals surface area contributed by atoms with E-state index < -0.39 is 10.0 Å². The molecule has 0 unspecified atom stereocenters. The third kappa shape index (κ3) is 3.22. The lowest BCUT2D eigenvalue weighted by atomic mass is 10.2. The molecule has 0 aliphatic carbocycles. The molecular formula is C23H21N5O4S. The fourth-order valence-corrected chi connectivity index (χ4v) is 4.79. The number of hydrogen-bond donors (Lipinski definition) is 2. The molecular weight excluding hydrogens is 442 g/mol. The molecule has 3 aromatic carbocycles. The molecule has 0 radical (unpaired) electrons. The largest absolute Gasteiger partial charge is 0.508 e. The normalized spacial score (nSPS) is 12.1. The molecule has 2 aromatic heterocycles. The fourth-order valence-electron chi connectivity index (χ4n) is 4.04. The molecule has 0 aliphatic heterocycles. The summed E-state index contributed by atoms with van der Waals surface area (Å²) in [5, 5.41) is 9.72. The molecule has 0 saturated carbocycles. The van der Waals surface area contributed by atoms with Crippen molar-refractivity contribution < 1.29 is 13.5 Å². The zero-order valence-corrected chi connectivity index (χ0v) is 19.0. The van der Waals surface area contributed by atoms with Crippen LogP contribution in [0.3, 0.4) is 0 Å². The summed E-state index contributed by atoms with van der Waals surface area (Å²) in [5.41, 5.74) is 4.03. The van der Waals surface area contributed by atoms with Crippen molar-refractivity contribution >= 4 is 32.1 Å². The Morgan fingerprint density at radius 1 is 0.879 bits per heavy atom. The van der Waals surface area contributed by atoms with Crippen molar-refractivity contribution in [2.45, 2.75) is 4.90 Å². The summed E-state index contributed by atoms with van der Waals surface area (Å²) < 4.78 is 32.2. The first kappa shape index (κ1) is 21.0. The highest BCUT2D eigenvalue weighted by molar-refractivity contribution is 7.89. The SMILES string of the molecule is CNS(=O)(=O)c1ccc2nc(-c3ccc(O)cc3)n(-c3ccc4c(c3)n(C)c(=O)n4C)c2c1. The summed E-state index contributed by atoms with van der Waals surface area (Å²) in [7, 11) is 1.12. The molecule has 0 fully saturated rings. The molecule has 0 bridgehead atoms. The third-order valence-corrected chi connectivity index (χ3v) is 7.26. The van der Waals surface area contributed by atoms with Crippen molar-refractivity contribution in [2.75, 3.05) is 7.05 Å². The van der Waals surface area contributed by atoms with Crippen LogP contribution in [0.2, 0.25) is 0 Å². The smallest absolute Gasteiger partial charge is 0.328 e. The van der Waals surface area contributed by atoms with Crippen molar-refractivity contribution in [1.29, 1.82) is 0 Å². The molecule has 33 heavy (non-hydrogen) atoms. The van der Waals surface area contributed by atoms with Gasteiger partial charge in [0.1, 0.15) is 11.6 Å². The first-order chi connectivity index (χ1) is 15.7. The number of nitrogens with one attached hydrogen (secondary N) is 1. The van der Waals surface area contributed by atoms with E-state index >= 15 is 0 Å². The average molecular weight is 464 g/mol. The van der Waals surface area contributed by atoms with Crippen LogP contribution in [0.4, 0.5) is 0 Å². The second-order valence-corrected chi connectivity index (χ2v) is 9.64. The number of phenolic OH excluding ortho intramolecular Hbond substituents is 1. The number of sulfonamides is 1. The van der Waals surface area contributed by atoms with Crippen molar-refractivity contribution in [1.82, 2.24) is 23.4 Å². The lowest BCUT2D eigenvalue weighted by molar-refractivity contribution is 0.475. The number of aromatic nitrogens is 4. The van der Waals surface area contributed by atoms with Gasteiger partial charge in [0.15, 0.2) is 0 Å². The van der Waals surface area contributed by atoms with Gasteiger partial charge < -0.3 is 5.11 Å². The van der Waals surface area contributed by atoms with Gasteiger partial charge in [-0.1, -0.05) is 0 Å². The van der Waals surface area contributed by atoms with Gasteiger partial charge in [-0.05, 0) is 67.7 Å². The summed E-state index contributed by atoms with van der Waals surface area (Å²) in [4.78, 5) is 17.3. The summed E-state index contributed by atoms with van der Waals surface area (Å²) in [5.74, 6) is 0.703. The van der Waals surface area contributed by atoms with Crippen LogP contribution in [0.15, 0.2) is 70.4 Å². The summed E-state index contributed by atoms with van der Waals surface area (Å²) in [6.45, 7) is 0. The van der Waals surface area contributed by atoms with Gasteiger partial charge in [-0.2, -0.15) is 0 Å². The van der Waals surface area contributed by atoms with E-state index in [0.29, 0.717) is 22.5 Å². The molecule has 9 nitrogen and oxygen atoms in total. The lowest BCUT2D eigenvalue weighted by Crippen LogP contribution is -2.19. The van der Waals surface area contributed by atoms with E-state index in [-0.39, 0.29) is 16.3 Å². The number of fused-ring (bicyclic) bond motifs is 2. The van der Waals surface area contributed by atoms with Gasteiger partial charge in [-0.25, -0.2) is 22.9 Å². The van der Waals surface area contributed by atoms with Crippen molar-refractivity contribution in [3.8, 4) is 22.8 Å². The molecule has 2 N–H and O–H groups in total. The van der Waals surface area contributed by atoms with Crippen LogP contribution < -0.4 is 10.4 Å². The number of nitrogens with zero attached hydrogens (tertiary/aromatic N) is 4. The summed E-state index contributed by atoms with van der Waals surface area (Å²) >= 11 is 0. The van der Waals surface area contributed by atoms with Gasteiger partial charge in [-0.3, -0.25) is 13.7 Å². The zero-order chi connectivity index (χ0) is 23.5. The van der Waals surface area contributed by atoms with Gasteiger partial charge in [-0.15, -0.1) is 0 Å². The van der Waals surface area contributed by atoms with Crippen LogP contribution >= 0.6 is 0 Å². The number of imidazole rings is 2. The molecule has 2 heterocycles. The van der Waals surface area contributed by atoms with Crippen LogP contribution in [0.25, 0.3) is 39.1 Å². The van der Waals surface area contributed by atoms with Gasteiger partial charge in [0, 0.05) is 25.3 Å². The van der Waals surface area contributed by atoms with Gasteiger partial charge >= 0.3 is 5.69 Å². The van der Waals surface area contributed by atoms with E-state index in [1.807, 2.05) is 22.8 Å². The predicted molar refractivity (Wildman–Crippen MR) is 126 cm³/mol. The van der Waals surface area contributed by atoms with Gasteiger partial charge in [0.2, 0.25) is 10.0 Å². The third-order valence-electron chi connectivity index (χ3n) is 5.84. The first-order valence-electron chi connectivity index (χ1n) is 10.1. The average Bonchev–Trinajstić information content (AvgIpc) is 3.30. The maximum absolute atomic E-state index is 12.5. The predicted octanol–water partition coefficient (Wildman–Crippen LogP) is 2.50. The van der Waals surface area contributed by atoms with Crippen LogP contribution in [-0.2, 0) is 24.1 Å². The lowest BCUT2D eigenvalue weighted by Gasteiger charge is -2.11. The van der Waals surface area contributed by atoms with Gasteiger partial charge in [0.25, 0.3) is 0 Å². The molecule has 10 heteroatoms. The Hall–Kier alpha value is -3.89. The highest BCUT2D eigenvalue weighted by Gasteiger charge is 2.19. The van der Waals surface area contributed by atoms with Crippen molar-refractivity contribution in [3.05, 3.63) is 71.1 Å². The minimum Gasteiger partial charge on any atom is -0.508 e. The topological polar surface area (TPSA) is 111 Å². The molecule has 0 amide bonds. The van der Waals surface area contributed by atoms with E-state index in [4.69, 9.17) is 4.98 Å². The number of rotatable bonds is 4. The summed E-state index contributed by atoms with van der Waals surface area (Å²) in [6, 6.07) is 17.0. The Balaban J connectivity index is 1.87. The van der Waals surface area contributed by atoms with Crippen LogP contribution in [0.1, 0.15) is 0 Å². The van der Waals surface area contributed by atoms with E-state index in [0.717, 1.165) is 16.6 Å². The molecule has 168 valence electrons. The van der Waals surface area contributed by atoms with Gasteiger partial charge in [0.05, 0.1) is 27.0 Å². The van der Waals surface area contributed by atoms with E-state index in [1.54, 1.807) is 59.6 Å². The van der Waals surface area contributed by atoms with E-state index in [9.17, 15) is 18.3 Å². The van der Waals surface area contributed by atoms with Crippen molar-refractivity contribution in [2.24, 2.45) is 14.1 Å². The second kappa shape index (κ2) is 7.32. The zero-order valence-electron chi connectivity index (χ0n) is 18.1. The number of hydrogen-bond acceptors (Lipinski definition) is 5. The molecule has 0 aliphatic rings. The number of phenols is 1. The quantitative estimate of drug-likeness (QED) is 0.425. The second-order valence-electron chi connectivity index (χ2n) is 7.75. The first-order valence-corrected chi connectivity index (χ1v) is 11.6. The standard InChI is InChI=1S/C23H21N5O4S/c1-24-33(31,32)17-9-10-18-20(13-17)28(22(25-18)14-4-7-16(29)8-5-14)15-6-11-19-21(12-15)27(3)23(30)26(19)2/h4-13,24,29H,1-3H3. The number of aryl methyl sites for hydroxylation is 2. The highest BCUT2D eigenvalue weighted by Crippen LogP contribution is 2.32. The van der Waals surface area contributed by atoms with E-state index in [1.165, 1.54) is 13.1 Å². The van der Waals surface area contributed by atoms with Crippen LogP contribution in [-0.4, -0.2) is 39.3 Å². The molecule has 0 spiro atoms. The Morgan fingerprint density at radius 2 is 1.58 bits per heavy atom. The fraction of sp³-hybridized carbons (Fsp3) is 0.130. The summed E-state index contributed by atoms with van der Waals surface area (Å²) in [6.07, 6.45) is 0. The number of aromatic hydroxyl groups is 1. The maximum Gasteiger partial charge on any atom is 0.328 e. The molecule has 0 saturated heterocycles. The molecule has 5 aromatic rings. The van der Waals surface area contributed by atoms with E-state index in [2.05, 4.69) is 4.72 Å². The Morgan fingerprint density at radius 3 is 2.27 bits per heavy atom. The van der Waals surface area contributed by atoms with Crippen LogP contribution in [0, 0.1) is 0 Å². The van der Waals surface area contributed by atoms with Crippen molar-refractivity contribution in [3.63, 3.8) is 0 Å². The molecule has 5 rings (SSSR count). The minimum atomic E-state index is -3.67. The monoisotopic (exact) mass is 463 g/mol. The maximum atomic E-state index is 12.5. The van der Waals surface area contributed by atoms with Crippen LogP contribution in [0.5, 0.6) is 5.75 Å². The number of benzene rings is 3. The Kier molecular flexibility index (Phi) is 4.66. The minimum absolute atomic E-state index is 0.115.